The zero-order chi connectivity index (χ0) is 29.6. The molecule has 10 heteroatoms. The molecule has 1 fully saturated rings. The minimum Gasteiger partial charge on any atom is -0.395 e. The van der Waals surface area contributed by atoms with Crippen LogP contribution in [0.3, 0.4) is 0 Å². The van der Waals surface area contributed by atoms with Gasteiger partial charge in [0.1, 0.15) is 0 Å². The number of aromatic nitrogens is 3. The summed E-state index contributed by atoms with van der Waals surface area (Å²) < 4.78 is 25.6. The molecule has 218 valence electrons. The van der Waals surface area contributed by atoms with Gasteiger partial charge in [-0.2, -0.15) is 0 Å². The number of hydrogen-bond donors (Lipinski definition) is 1. The average Bonchev–Trinajstić information content (AvgIpc) is 3.63. The summed E-state index contributed by atoms with van der Waals surface area (Å²) in [6.07, 6.45) is 1.81. The van der Waals surface area contributed by atoms with Gasteiger partial charge in [-0.05, 0) is 55.4 Å². The van der Waals surface area contributed by atoms with E-state index in [0.29, 0.717) is 18.7 Å². The lowest BCUT2D eigenvalue weighted by atomic mass is 9.82. The highest BCUT2D eigenvalue weighted by molar-refractivity contribution is 9.10. The zero-order valence-electron chi connectivity index (χ0n) is 23.8. The van der Waals surface area contributed by atoms with Crippen molar-refractivity contribution < 1.29 is 18.7 Å². The van der Waals surface area contributed by atoms with Crippen LogP contribution in [-0.4, -0.2) is 47.1 Å². The van der Waals surface area contributed by atoms with E-state index in [1.807, 2.05) is 92.0 Å². The molecule has 7 nitrogen and oxygen atoms in total. The van der Waals surface area contributed by atoms with Crippen LogP contribution in [0.4, 0.5) is 15.5 Å². The van der Waals surface area contributed by atoms with Crippen LogP contribution in [0.2, 0.25) is 18.6 Å². The van der Waals surface area contributed by atoms with E-state index in [9.17, 15) is 9.90 Å². The van der Waals surface area contributed by atoms with Gasteiger partial charge in [0.15, 0.2) is 5.60 Å². The first-order valence-corrected chi connectivity index (χ1v) is 18.0. The smallest absolute Gasteiger partial charge is 0.268 e. The number of hydrogen-bond acceptors (Lipinski definition) is 5. The Morgan fingerprint density at radius 1 is 1.10 bits per heavy atom. The fraction of sp³-hybridized carbons (Fsp3) is 0.344. The van der Waals surface area contributed by atoms with Gasteiger partial charge in [0.25, 0.3) is 5.91 Å². The van der Waals surface area contributed by atoms with Crippen molar-refractivity contribution in [3.05, 3.63) is 106 Å². The van der Waals surface area contributed by atoms with Crippen LogP contribution in [0, 0.1) is 5.92 Å². The second-order valence-corrected chi connectivity index (χ2v) is 16.5. The van der Waals surface area contributed by atoms with Gasteiger partial charge in [0, 0.05) is 39.9 Å². The number of nitrogens with zero attached hydrogens (tertiary/aromatic N) is 4. The molecule has 2 aliphatic rings. The molecule has 0 radical (unpaired) electrons. The lowest BCUT2D eigenvalue weighted by Gasteiger charge is -2.31. The molecule has 1 saturated heterocycles. The van der Waals surface area contributed by atoms with E-state index in [1.54, 1.807) is 22.7 Å². The van der Waals surface area contributed by atoms with Crippen LogP contribution < -0.4 is 4.90 Å². The number of rotatable bonds is 8. The van der Waals surface area contributed by atoms with E-state index in [4.69, 9.17) is 4.74 Å². The fourth-order valence-corrected chi connectivity index (χ4v) is 9.85. The summed E-state index contributed by atoms with van der Waals surface area (Å²) >= 11 is 3.59. The number of carbonyl (C=O) groups is 1. The number of fused-ring (bicyclic) bond motifs is 2. The molecule has 1 N–H and O–H groups in total. The van der Waals surface area contributed by atoms with E-state index in [-0.39, 0.29) is 24.3 Å². The second-order valence-electron chi connectivity index (χ2n) is 11.7. The summed E-state index contributed by atoms with van der Waals surface area (Å²) in [5, 5.41) is 18.7. The van der Waals surface area contributed by atoms with Crippen molar-refractivity contribution >= 4 is 41.6 Å². The lowest BCUT2D eigenvalue weighted by molar-refractivity contribution is -0.145. The zero-order valence-corrected chi connectivity index (χ0v) is 26.4. The highest BCUT2D eigenvalue weighted by atomic mass is 79.9. The Balaban J connectivity index is 1.32. The van der Waals surface area contributed by atoms with Crippen LogP contribution in [0.1, 0.15) is 36.1 Å². The highest BCUT2D eigenvalue weighted by Crippen LogP contribution is 2.61. The van der Waals surface area contributed by atoms with Gasteiger partial charge in [-0.3, -0.25) is 14.4 Å². The standard InChI is InChI=1S/C32H34BrFN4O3Si/c1-21-30(42(2,3)34)29(16-17-37-19-27(35-36-37)25(20-39)22-10-6-4-7-11-22)41-32(21)26-18-23(33)14-15-28(26)38(31(32)40)24-12-8-5-9-13-24/h4-15,18-19,21,25,29-30,39H,16-17,20H2,1-3H3/t21-,25?,29+,30-,32+/m0/s1. The molecule has 42 heavy (non-hydrogen) atoms. The molecule has 1 amide bonds. The maximum absolute atomic E-state index is 16.2. The van der Waals surface area contributed by atoms with E-state index in [1.165, 1.54) is 0 Å². The molecule has 2 aliphatic heterocycles. The quantitative estimate of drug-likeness (QED) is 0.170. The topological polar surface area (TPSA) is 80.5 Å². The number of anilines is 2. The lowest BCUT2D eigenvalue weighted by Crippen LogP contribution is -2.44. The molecule has 1 aromatic heterocycles. The van der Waals surface area contributed by atoms with E-state index in [0.717, 1.165) is 27.0 Å². The van der Waals surface area contributed by atoms with E-state index in [2.05, 4.69) is 26.2 Å². The average molecular weight is 650 g/mol. The minimum atomic E-state index is -3.30. The highest BCUT2D eigenvalue weighted by Gasteiger charge is 2.66. The third-order valence-corrected chi connectivity index (χ3v) is 11.7. The van der Waals surface area contributed by atoms with Crippen molar-refractivity contribution in [3.63, 3.8) is 0 Å². The first-order valence-electron chi connectivity index (χ1n) is 14.3. The van der Waals surface area contributed by atoms with Gasteiger partial charge in [0.2, 0.25) is 8.41 Å². The molecule has 0 bridgehead atoms. The second kappa shape index (κ2) is 11.1. The van der Waals surface area contributed by atoms with Crippen LogP contribution in [-0.2, 0) is 21.7 Å². The fourth-order valence-electron chi connectivity index (χ4n) is 6.94. The van der Waals surface area contributed by atoms with Crippen molar-refractivity contribution in [2.75, 3.05) is 11.5 Å². The van der Waals surface area contributed by atoms with Gasteiger partial charge in [-0.15, -0.1) is 5.10 Å². The third kappa shape index (κ3) is 4.84. The number of aliphatic hydroxyl groups is 1. The molecular weight excluding hydrogens is 615 g/mol. The summed E-state index contributed by atoms with van der Waals surface area (Å²) in [4.78, 5) is 16.2. The molecule has 0 saturated carbocycles. The molecule has 5 atom stereocenters. The normalized spacial score (nSPS) is 24.4. The molecule has 3 heterocycles. The maximum Gasteiger partial charge on any atom is 0.268 e. The van der Waals surface area contributed by atoms with Gasteiger partial charge in [-0.1, -0.05) is 76.6 Å². The van der Waals surface area contributed by atoms with Crippen LogP contribution in [0.15, 0.2) is 89.5 Å². The first kappa shape index (κ1) is 28.9. The SMILES string of the molecule is C[C@H]1[C@H]([Si](C)(C)F)[C@@H](CCn2cc(C(CO)c3ccccc3)nn2)O[C@]12C(=O)N(c1ccccc1)c1ccc(Br)cc12. The Bertz CT molecular complexity index is 1580. The number of aliphatic hydroxyl groups excluding tert-OH is 1. The van der Waals surface area contributed by atoms with E-state index >= 15 is 4.11 Å². The summed E-state index contributed by atoms with van der Waals surface area (Å²) in [5.41, 5.74) is 2.19. The summed E-state index contributed by atoms with van der Waals surface area (Å²) in [6, 6.07) is 25.0. The largest absolute Gasteiger partial charge is 0.395 e. The Hall–Kier alpha value is -3.18. The Labute approximate surface area is 254 Å². The molecule has 1 unspecified atom stereocenters. The number of ether oxygens (including phenoxy) is 1. The predicted molar refractivity (Wildman–Crippen MR) is 166 cm³/mol. The maximum atomic E-state index is 16.2. The molecule has 1 spiro atoms. The van der Waals surface area contributed by atoms with Crippen molar-refractivity contribution in [2.24, 2.45) is 5.92 Å². The van der Waals surface area contributed by atoms with Crippen molar-refractivity contribution in [1.29, 1.82) is 0 Å². The van der Waals surface area contributed by atoms with Crippen molar-refractivity contribution in [2.45, 2.75) is 56.1 Å². The summed E-state index contributed by atoms with van der Waals surface area (Å²) in [7, 11) is -3.30. The Morgan fingerprint density at radius 3 is 2.45 bits per heavy atom. The molecule has 4 aromatic rings. The molecule has 0 aliphatic carbocycles. The van der Waals surface area contributed by atoms with Gasteiger partial charge < -0.3 is 14.0 Å². The van der Waals surface area contributed by atoms with Crippen LogP contribution >= 0.6 is 15.9 Å². The predicted octanol–water partition coefficient (Wildman–Crippen LogP) is 6.71. The van der Waals surface area contributed by atoms with Crippen LogP contribution in [0.5, 0.6) is 0 Å². The Morgan fingerprint density at radius 2 is 1.79 bits per heavy atom. The minimum absolute atomic E-state index is 0.0901. The third-order valence-electron chi connectivity index (χ3n) is 8.79. The summed E-state index contributed by atoms with van der Waals surface area (Å²) in [5.74, 6) is -0.853. The van der Waals surface area contributed by atoms with E-state index < -0.39 is 25.7 Å². The number of para-hydroxylation sites is 1. The number of aryl methyl sites for hydroxylation is 1. The number of benzene rings is 3. The number of amides is 1. The first-order chi connectivity index (χ1) is 20.1. The van der Waals surface area contributed by atoms with Crippen LogP contribution in [0.25, 0.3) is 0 Å². The molecule has 3 aromatic carbocycles. The number of carbonyl (C=O) groups excluding carboxylic acids is 1. The number of halogens is 2. The van der Waals surface area contributed by atoms with Gasteiger partial charge >= 0.3 is 0 Å². The molecule has 6 rings (SSSR count). The van der Waals surface area contributed by atoms with Gasteiger partial charge in [0.05, 0.1) is 30.0 Å². The van der Waals surface area contributed by atoms with Crippen molar-refractivity contribution in [3.8, 4) is 0 Å². The van der Waals surface area contributed by atoms with Crippen molar-refractivity contribution in [1.82, 2.24) is 15.0 Å². The summed E-state index contributed by atoms with van der Waals surface area (Å²) in [6.45, 7) is 5.73. The molecular formula is C32H34BrFN4O3Si. The Kier molecular flexibility index (Phi) is 7.67. The monoisotopic (exact) mass is 648 g/mol. The van der Waals surface area contributed by atoms with Gasteiger partial charge in [-0.25, -0.2) is 0 Å².